The van der Waals surface area contributed by atoms with Gasteiger partial charge in [-0.15, -0.1) is 0 Å². The molecule has 1 unspecified atom stereocenters. The van der Waals surface area contributed by atoms with Crippen LogP contribution in [0.2, 0.25) is 18.1 Å². The van der Waals surface area contributed by atoms with Crippen molar-refractivity contribution in [2.75, 3.05) is 0 Å². The van der Waals surface area contributed by atoms with Crippen molar-refractivity contribution in [2.45, 2.75) is 222 Å². The number of hydrogen-bond acceptors (Lipinski definition) is 10. The van der Waals surface area contributed by atoms with Crippen molar-refractivity contribution in [1.82, 2.24) is 0 Å². The van der Waals surface area contributed by atoms with Gasteiger partial charge in [0, 0.05) is 24.7 Å². The highest BCUT2D eigenvalue weighted by atomic mass is 28.4. The molecule has 67 heavy (non-hydrogen) atoms. The second-order valence-corrected chi connectivity index (χ2v) is 29.1. The number of cyclic esters (lactones) is 2. The first kappa shape index (κ1) is 54.9. The Morgan fingerprint density at radius 1 is 0.657 bits per heavy atom. The number of aliphatic hydroxyl groups is 1. The lowest BCUT2D eigenvalue weighted by atomic mass is 9.65. The summed E-state index contributed by atoms with van der Waals surface area (Å²) in [6, 6.07) is 0. The molecule has 2 fully saturated rings. The fourth-order valence-electron chi connectivity index (χ4n) is 10.8. The topological polar surface area (TPSA) is 135 Å². The van der Waals surface area contributed by atoms with Gasteiger partial charge in [0.1, 0.15) is 24.4 Å². The zero-order valence-corrected chi connectivity index (χ0v) is 45.2. The van der Waals surface area contributed by atoms with Crippen LogP contribution in [0.5, 0.6) is 0 Å². The van der Waals surface area contributed by atoms with Crippen LogP contribution in [0.25, 0.3) is 0 Å². The number of allylic oxidation sites excluding steroid dienone is 6. The molecule has 10 nitrogen and oxygen atoms in total. The van der Waals surface area contributed by atoms with Crippen LogP contribution in [0.4, 0.5) is 0 Å². The van der Waals surface area contributed by atoms with Gasteiger partial charge in [-0.05, 0) is 144 Å². The number of esters is 4. The second kappa shape index (κ2) is 22.4. The van der Waals surface area contributed by atoms with E-state index in [9.17, 15) is 24.3 Å². The Labute approximate surface area is 406 Å². The van der Waals surface area contributed by atoms with Crippen molar-refractivity contribution in [3.8, 4) is 0 Å². The summed E-state index contributed by atoms with van der Waals surface area (Å²) in [5, 5.41) is 10.0. The number of carbonyl (C=O) groups excluding carboxylic acids is 4. The SMILES string of the molecule is CCC(C)(C)C(=O)O[C@H]1C[C@@H](C)C=C2C=C[C@H](C)[C@H](CCC3C[C@H](O[Si](C)(C)C(C)(C)C)CC(=O)O3)[C@H]21.CCC(C)(C)C(=O)O[C@H]1C[C@@H](C)C=C2C=C[C@H](C)[C@H](CC[C@@H]3C[C@@H](O)CC(=O)O3)[C@H]21. The van der Waals surface area contributed by atoms with Crippen LogP contribution >= 0.6 is 0 Å². The van der Waals surface area contributed by atoms with Gasteiger partial charge in [-0.3, -0.25) is 19.2 Å². The Morgan fingerprint density at radius 3 is 1.48 bits per heavy atom. The number of hydrogen-bond donors (Lipinski definition) is 1. The molecule has 0 radical (unpaired) electrons. The molecule has 6 rings (SSSR count). The van der Waals surface area contributed by atoms with E-state index in [1.165, 1.54) is 11.1 Å². The Hall–Kier alpha value is -3.02. The summed E-state index contributed by atoms with van der Waals surface area (Å²) in [6.07, 6.45) is 20.7. The first-order valence-corrected chi connectivity index (χ1v) is 29.0. The number of ether oxygens (including phenoxy) is 4. The van der Waals surface area contributed by atoms with Gasteiger partial charge >= 0.3 is 23.9 Å². The van der Waals surface area contributed by atoms with E-state index in [1.807, 2.05) is 41.5 Å². The van der Waals surface area contributed by atoms with Crippen LogP contribution in [-0.2, 0) is 42.6 Å². The van der Waals surface area contributed by atoms with Gasteiger partial charge in [0.05, 0.1) is 35.9 Å². The zero-order chi connectivity index (χ0) is 49.8. The Morgan fingerprint density at radius 2 is 1.07 bits per heavy atom. The molecule has 2 aliphatic heterocycles. The van der Waals surface area contributed by atoms with Gasteiger partial charge in [-0.1, -0.05) is 98.8 Å². The van der Waals surface area contributed by atoms with Crippen LogP contribution < -0.4 is 0 Å². The molecule has 0 aromatic carbocycles. The normalized spacial score (nSPS) is 34.5. The fraction of sp³-hybridized carbons (Fsp3) is 0.786. The summed E-state index contributed by atoms with van der Waals surface area (Å²) < 4.78 is 30.3. The Bertz CT molecular complexity index is 1870. The molecule has 6 aliphatic rings. The highest BCUT2D eigenvalue weighted by Gasteiger charge is 2.46. The predicted octanol–water partition coefficient (Wildman–Crippen LogP) is 12.2. The average molecular weight is 951 g/mol. The van der Waals surface area contributed by atoms with E-state index >= 15 is 0 Å². The van der Waals surface area contributed by atoms with E-state index in [0.717, 1.165) is 57.8 Å². The third kappa shape index (κ3) is 14.1. The summed E-state index contributed by atoms with van der Waals surface area (Å²) in [6.45, 7) is 32.0. The first-order valence-electron chi connectivity index (χ1n) is 26.1. The minimum atomic E-state index is -1.96. The van der Waals surface area contributed by atoms with Gasteiger partial charge < -0.3 is 28.5 Å². The lowest BCUT2D eigenvalue weighted by Crippen LogP contribution is -2.47. The van der Waals surface area contributed by atoms with Crippen LogP contribution in [-0.4, -0.2) is 73.9 Å². The molecule has 0 aromatic heterocycles. The molecule has 2 heterocycles. The number of fused-ring (bicyclic) bond motifs is 2. The Kier molecular flexibility index (Phi) is 18.3. The van der Waals surface area contributed by atoms with E-state index < -0.39 is 25.3 Å². The van der Waals surface area contributed by atoms with Crippen molar-refractivity contribution in [3.05, 3.63) is 47.6 Å². The molecule has 1 N–H and O–H groups in total. The summed E-state index contributed by atoms with van der Waals surface area (Å²) in [5.74, 6) is 1.81. The minimum Gasteiger partial charge on any atom is -0.462 e. The molecule has 14 atom stereocenters. The first-order chi connectivity index (χ1) is 31.1. The van der Waals surface area contributed by atoms with Gasteiger partial charge in [0.15, 0.2) is 8.32 Å². The van der Waals surface area contributed by atoms with Gasteiger partial charge in [0.2, 0.25) is 0 Å². The second-order valence-electron chi connectivity index (χ2n) is 24.3. The minimum absolute atomic E-state index is 0.0632. The van der Waals surface area contributed by atoms with Crippen molar-refractivity contribution < 1.29 is 47.7 Å². The predicted molar refractivity (Wildman–Crippen MR) is 267 cm³/mol. The van der Waals surface area contributed by atoms with Crippen molar-refractivity contribution in [3.63, 3.8) is 0 Å². The van der Waals surface area contributed by atoms with Crippen molar-refractivity contribution in [1.29, 1.82) is 0 Å². The molecule has 0 saturated carbocycles. The molecular formula is C56H90O10Si. The van der Waals surface area contributed by atoms with E-state index in [2.05, 4.69) is 98.0 Å². The third-order valence-corrected chi connectivity index (χ3v) is 21.5. The quantitative estimate of drug-likeness (QED) is 0.102. The maximum absolute atomic E-state index is 13.1. The van der Waals surface area contributed by atoms with Crippen LogP contribution in [0, 0.1) is 58.2 Å². The smallest absolute Gasteiger partial charge is 0.311 e. The summed E-state index contributed by atoms with van der Waals surface area (Å²) in [7, 11) is -1.96. The molecule has 0 amide bonds. The molecular weight excluding hydrogens is 861 g/mol. The van der Waals surface area contributed by atoms with Crippen LogP contribution in [0.15, 0.2) is 47.6 Å². The van der Waals surface area contributed by atoms with Gasteiger partial charge in [0.25, 0.3) is 0 Å². The summed E-state index contributed by atoms with van der Waals surface area (Å²) in [5.41, 5.74) is 1.60. The number of carbonyl (C=O) groups is 4. The third-order valence-electron chi connectivity index (χ3n) is 16.9. The summed E-state index contributed by atoms with van der Waals surface area (Å²) >= 11 is 0. The fourth-order valence-corrected chi connectivity index (χ4v) is 12.2. The molecule has 378 valence electrons. The van der Waals surface area contributed by atoms with E-state index in [1.54, 1.807) is 0 Å². The molecule has 0 spiro atoms. The zero-order valence-electron chi connectivity index (χ0n) is 44.2. The molecule has 2 saturated heterocycles. The van der Waals surface area contributed by atoms with E-state index in [0.29, 0.717) is 48.3 Å². The largest absolute Gasteiger partial charge is 0.462 e. The molecule has 0 aromatic rings. The summed E-state index contributed by atoms with van der Waals surface area (Å²) in [4.78, 5) is 50.2. The van der Waals surface area contributed by atoms with Gasteiger partial charge in [-0.2, -0.15) is 0 Å². The van der Waals surface area contributed by atoms with Crippen molar-refractivity contribution in [2.24, 2.45) is 58.2 Å². The van der Waals surface area contributed by atoms with Crippen LogP contribution in [0.3, 0.4) is 0 Å². The number of rotatable bonds is 14. The molecule has 0 bridgehead atoms. The van der Waals surface area contributed by atoms with Crippen molar-refractivity contribution >= 4 is 32.2 Å². The highest BCUT2D eigenvalue weighted by Crippen LogP contribution is 2.48. The lowest BCUT2D eigenvalue weighted by Gasteiger charge is -2.44. The molecule has 4 aliphatic carbocycles. The van der Waals surface area contributed by atoms with E-state index in [-0.39, 0.29) is 77.7 Å². The molecule has 11 heteroatoms. The van der Waals surface area contributed by atoms with Gasteiger partial charge in [-0.25, -0.2) is 0 Å². The maximum Gasteiger partial charge on any atom is 0.311 e. The standard InChI is InChI=1S/C31H52O5Si.C25H38O5/c1-11-31(7,8)29(33)35-26-17-20(2)16-22-13-12-21(3)25(28(22)26)15-14-23-18-24(19-27(32)34-23)36-37(9,10)30(4,5)6;1-6-25(4,5)24(28)30-21-12-15(2)11-17-8-7-16(3)20(23(17)21)10-9-19-13-18(26)14-22(27)29-19/h12-13,16,20-21,23-26,28H,11,14-15,17-19H2,1-10H3;7-8,11,15-16,18-21,23,26H,6,9-10,12-14H2,1-5H3/t20-,21-,23?,24-,25-,26-,28-;15-,16-,18+,19+,20-,21-,23-/m00/s1. The Balaban J connectivity index is 0.000000256. The van der Waals surface area contributed by atoms with E-state index in [4.69, 9.17) is 23.4 Å². The highest BCUT2D eigenvalue weighted by molar-refractivity contribution is 6.74. The average Bonchev–Trinajstić information content (AvgIpc) is 3.22. The van der Waals surface area contributed by atoms with Crippen LogP contribution in [0.1, 0.15) is 167 Å². The number of aliphatic hydroxyl groups excluding tert-OH is 1. The maximum atomic E-state index is 13.1. The lowest BCUT2D eigenvalue weighted by molar-refractivity contribution is -0.166. The monoisotopic (exact) mass is 951 g/mol.